The number of anilines is 1. The van der Waals surface area contributed by atoms with Crippen molar-refractivity contribution in [3.05, 3.63) is 77.4 Å². The minimum Gasteiger partial charge on any atom is -0.352 e. The van der Waals surface area contributed by atoms with E-state index in [1.54, 1.807) is 9.80 Å². The number of rotatable bonds is 8. The molecule has 1 aliphatic heterocycles. The Morgan fingerprint density at radius 1 is 1.03 bits per heavy atom. The first-order valence-electron chi connectivity index (χ1n) is 13.4. The molecule has 0 aromatic heterocycles. The molecule has 1 fully saturated rings. The predicted molar refractivity (Wildman–Crippen MR) is 146 cm³/mol. The smallest absolute Gasteiger partial charge is 0.259 e. The molecule has 192 valence electrons. The van der Waals surface area contributed by atoms with Gasteiger partial charge in [-0.1, -0.05) is 80.3 Å². The van der Waals surface area contributed by atoms with E-state index in [1.165, 1.54) is 6.42 Å². The Hall–Kier alpha value is -3.67. The van der Waals surface area contributed by atoms with Crippen LogP contribution in [0.1, 0.15) is 66.9 Å². The number of nitrogens with one attached hydrogen (secondary N) is 1. The highest BCUT2D eigenvalue weighted by molar-refractivity contribution is 6.26. The SMILES string of the molecule is CC[C@H](C(=O)NC1CCCCC1)N(Cc1cccc(C)c1)C(=O)CN1C(=O)c2cccc3cccc1c23. The van der Waals surface area contributed by atoms with Crippen LogP contribution in [0.5, 0.6) is 0 Å². The molecule has 0 radical (unpaired) electrons. The largest absolute Gasteiger partial charge is 0.352 e. The van der Waals surface area contributed by atoms with Crippen LogP contribution in [0.4, 0.5) is 5.69 Å². The van der Waals surface area contributed by atoms with Crippen molar-refractivity contribution < 1.29 is 14.4 Å². The van der Waals surface area contributed by atoms with Crippen LogP contribution in [0.25, 0.3) is 10.8 Å². The van der Waals surface area contributed by atoms with E-state index in [0.29, 0.717) is 18.5 Å². The minimum atomic E-state index is -0.606. The van der Waals surface area contributed by atoms with Crippen molar-refractivity contribution in [3.8, 4) is 0 Å². The lowest BCUT2D eigenvalue weighted by Crippen LogP contribution is -2.53. The molecule has 0 unspecified atom stereocenters. The van der Waals surface area contributed by atoms with Crippen molar-refractivity contribution >= 4 is 34.2 Å². The zero-order valence-corrected chi connectivity index (χ0v) is 21.7. The first kappa shape index (κ1) is 25.0. The van der Waals surface area contributed by atoms with Crippen LogP contribution >= 0.6 is 0 Å². The molecule has 3 amide bonds. The van der Waals surface area contributed by atoms with Crippen LogP contribution in [0.3, 0.4) is 0 Å². The summed E-state index contributed by atoms with van der Waals surface area (Å²) in [4.78, 5) is 44.0. The lowest BCUT2D eigenvalue weighted by Gasteiger charge is -2.34. The summed E-state index contributed by atoms with van der Waals surface area (Å²) in [6, 6.07) is 19.0. The molecule has 0 spiro atoms. The van der Waals surface area contributed by atoms with E-state index in [2.05, 4.69) is 5.32 Å². The first-order chi connectivity index (χ1) is 18.0. The van der Waals surface area contributed by atoms with Gasteiger partial charge >= 0.3 is 0 Å². The van der Waals surface area contributed by atoms with Gasteiger partial charge in [-0.15, -0.1) is 0 Å². The third-order valence-electron chi connectivity index (χ3n) is 7.72. The van der Waals surface area contributed by atoms with E-state index in [1.807, 2.05) is 74.5 Å². The van der Waals surface area contributed by atoms with Gasteiger partial charge < -0.3 is 10.2 Å². The molecule has 0 bridgehead atoms. The van der Waals surface area contributed by atoms with Gasteiger partial charge in [0, 0.05) is 23.5 Å². The Morgan fingerprint density at radius 3 is 2.49 bits per heavy atom. The van der Waals surface area contributed by atoms with Crippen molar-refractivity contribution in [1.82, 2.24) is 10.2 Å². The minimum absolute atomic E-state index is 0.103. The molecule has 37 heavy (non-hydrogen) atoms. The maximum Gasteiger partial charge on any atom is 0.259 e. The normalized spacial score (nSPS) is 16.2. The zero-order valence-electron chi connectivity index (χ0n) is 21.7. The van der Waals surface area contributed by atoms with E-state index in [-0.39, 0.29) is 30.3 Å². The molecule has 0 saturated heterocycles. The Bertz CT molecular complexity index is 1320. The highest BCUT2D eigenvalue weighted by Crippen LogP contribution is 2.37. The lowest BCUT2D eigenvalue weighted by atomic mass is 9.95. The van der Waals surface area contributed by atoms with E-state index < -0.39 is 6.04 Å². The molecule has 1 N–H and O–H groups in total. The summed E-state index contributed by atoms with van der Waals surface area (Å²) in [6.07, 6.45) is 5.92. The van der Waals surface area contributed by atoms with E-state index in [0.717, 1.165) is 53.3 Å². The number of hydrogen-bond donors (Lipinski definition) is 1. The van der Waals surface area contributed by atoms with Gasteiger partial charge in [0.05, 0.1) is 5.69 Å². The second-order valence-corrected chi connectivity index (χ2v) is 10.4. The van der Waals surface area contributed by atoms with Gasteiger partial charge in [-0.25, -0.2) is 0 Å². The summed E-state index contributed by atoms with van der Waals surface area (Å²) in [5.74, 6) is -0.505. The van der Waals surface area contributed by atoms with Gasteiger partial charge in [0.25, 0.3) is 5.91 Å². The fourth-order valence-electron chi connectivity index (χ4n) is 5.83. The van der Waals surface area contributed by atoms with E-state index in [4.69, 9.17) is 0 Å². The Labute approximate surface area is 218 Å². The molecule has 5 rings (SSSR count). The topological polar surface area (TPSA) is 69.7 Å². The zero-order chi connectivity index (χ0) is 25.9. The Morgan fingerprint density at radius 2 is 1.76 bits per heavy atom. The van der Waals surface area contributed by atoms with Crippen molar-refractivity contribution in [3.63, 3.8) is 0 Å². The Balaban J connectivity index is 1.42. The maximum absolute atomic E-state index is 14.0. The summed E-state index contributed by atoms with van der Waals surface area (Å²) >= 11 is 0. The summed E-state index contributed by atoms with van der Waals surface area (Å²) in [7, 11) is 0. The van der Waals surface area contributed by atoms with E-state index >= 15 is 0 Å². The van der Waals surface area contributed by atoms with Gasteiger partial charge in [-0.05, 0) is 49.3 Å². The fourth-order valence-corrected chi connectivity index (χ4v) is 5.83. The van der Waals surface area contributed by atoms with Crippen molar-refractivity contribution in [2.45, 2.75) is 71.0 Å². The van der Waals surface area contributed by atoms with Crippen molar-refractivity contribution in [2.24, 2.45) is 0 Å². The summed E-state index contributed by atoms with van der Waals surface area (Å²) in [5.41, 5.74) is 3.44. The first-order valence-corrected chi connectivity index (χ1v) is 13.4. The molecule has 2 aliphatic rings. The molecule has 6 heteroatoms. The lowest BCUT2D eigenvalue weighted by molar-refractivity contribution is -0.140. The number of benzene rings is 3. The van der Waals surface area contributed by atoms with Crippen LogP contribution in [-0.2, 0) is 16.1 Å². The monoisotopic (exact) mass is 497 g/mol. The molecule has 3 aromatic rings. The standard InChI is InChI=1S/C31H35N3O3/c1-3-26(30(36)32-24-14-5-4-6-15-24)33(19-22-11-7-10-21(2)18-22)28(35)20-34-27-17-9-13-23-12-8-16-25(29(23)27)31(34)37/h7-13,16-18,24,26H,3-6,14-15,19-20H2,1-2H3,(H,32,36)/t26-/m1/s1. The molecule has 1 atom stereocenters. The quantitative estimate of drug-likeness (QED) is 0.455. The van der Waals surface area contributed by atoms with Gasteiger partial charge in [0.1, 0.15) is 12.6 Å². The van der Waals surface area contributed by atoms with Crippen molar-refractivity contribution in [2.75, 3.05) is 11.4 Å². The highest BCUT2D eigenvalue weighted by Gasteiger charge is 2.35. The van der Waals surface area contributed by atoms with Crippen LogP contribution in [0, 0.1) is 6.92 Å². The molecule has 1 aliphatic carbocycles. The Kier molecular flexibility index (Phi) is 7.26. The van der Waals surface area contributed by atoms with E-state index in [9.17, 15) is 14.4 Å². The van der Waals surface area contributed by atoms with Crippen LogP contribution in [-0.4, -0.2) is 41.2 Å². The molecular weight excluding hydrogens is 462 g/mol. The number of nitrogens with zero attached hydrogens (tertiary/aromatic N) is 2. The number of carbonyl (C=O) groups is 3. The van der Waals surface area contributed by atoms with Crippen LogP contribution in [0.2, 0.25) is 0 Å². The van der Waals surface area contributed by atoms with Gasteiger partial charge in [-0.3, -0.25) is 19.3 Å². The average molecular weight is 498 g/mol. The molecule has 1 heterocycles. The summed E-state index contributed by atoms with van der Waals surface area (Å²) in [6.45, 7) is 4.17. The number of hydrogen-bond acceptors (Lipinski definition) is 3. The second kappa shape index (κ2) is 10.8. The van der Waals surface area contributed by atoms with Crippen molar-refractivity contribution in [1.29, 1.82) is 0 Å². The fraction of sp³-hybridized carbons (Fsp3) is 0.387. The average Bonchev–Trinajstić information content (AvgIpc) is 3.17. The van der Waals surface area contributed by atoms with Crippen LogP contribution in [0.15, 0.2) is 60.7 Å². The maximum atomic E-state index is 14.0. The third kappa shape index (κ3) is 5.10. The number of aryl methyl sites for hydroxylation is 1. The summed E-state index contributed by atoms with van der Waals surface area (Å²) in [5, 5.41) is 5.09. The van der Waals surface area contributed by atoms with Gasteiger partial charge in [0.15, 0.2) is 0 Å². The second-order valence-electron chi connectivity index (χ2n) is 10.4. The molecule has 6 nitrogen and oxygen atoms in total. The highest BCUT2D eigenvalue weighted by atomic mass is 16.2. The molecule has 3 aromatic carbocycles. The summed E-state index contributed by atoms with van der Waals surface area (Å²) < 4.78 is 0. The number of carbonyl (C=O) groups excluding carboxylic acids is 3. The molecular formula is C31H35N3O3. The third-order valence-corrected chi connectivity index (χ3v) is 7.72. The van der Waals surface area contributed by atoms with Gasteiger partial charge in [-0.2, -0.15) is 0 Å². The van der Waals surface area contributed by atoms with Gasteiger partial charge in [0.2, 0.25) is 11.8 Å². The van der Waals surface area contributed by atoms with Crippen LogP contribution < -0.4 is 10.2 Å². The number of amides is 3. The predicted octanol–water partition coefficient (Wildman–Crippen LogP) is 5.36. The molecule has 1 saturated carbocycles.